The van der Waals surface area contributed by atoms with Gasteiger partial charge in [0.05, 0.1) is 0 Å². The minimum atomic E-state index is -0.0160. The molecule has 2 nitrogen and oxygen atoms in total. The summed E-state index contributed by atoms with van der Waals surface area (Å²) in [6.07, 6.45) is 2.28. The topological polar surface area (TPSA) is 34.1 Å². The third-order valence-electron chi connectivity index (χ3n) is 2.92. The number of benzene rings is 1. The number of carbonyl (C=O) groups is 2. The molecule has 15 heavy (non-hydrogen) atoms. The fourth-order valence-corrected chi connectivity index (χ4v) is 2.03. The summed E-state index contributed by atoms with van der Waals surface area (Å²) in [5, 5.41) is 0. The van der Waals surface area contributed by atoms with Crippen molar-refractivity contribution < 1.29 is 9.59 Å². The van der Waals surface area contributed by atoms with Crippen LogP contribution in [0.1, 0.15) is 24.8 Å². The van der Waals surface area contributed by atoms with E-state index in [9.17, 15) is 9.59 Å². The highest BCUT2D eigenvalue weighted by Crippen LogP contribution is 2.23. The monoisotopic (exact) mass is 202 g/mol. The zero-order valence-electron chi connectivity index (χ0n) is 8.61. The van der Waals surface area contributed by atoms with Crippen molar-refractivity contribution in [3.05, 3.63) is 35.9 Å². The maximum absolute atomic E-state index is 11.8. The van der Waals surface area contributed by atoms with E-state index >= 15 is 0 Å². The van der Waals surface area contributed by atoms with E-state index in [0.29, 0.717) is 19.3 Å². The Hall–Kier alpha value is -1.44. The first-order chi connectivity index (χ1) is 7.25. The summed E-state index contributed by atoms with van der Waals surface area (Å²) in [7, 11) is 0. The molecule has 0 spiro atoms. The van der Waals surface area contributed by atoms with E-state index in [2.05, 4.69) is 0 Å². The predicted octanol–water partition coefficient (Wildman–Crippen LogP) is 2.17. The van der Waals surface area contributed by atoms with Crippen molar-refractivity contribution in [2.75, 3.05) is 0 Å². The molecule has 0 heterocycles. The highest BCUT2D eigenvalue weighted by atomic mass is 16.1. The predicted molar refractivity (Wildman–Crippen MR) is 57.5 cm³/mol. The summed E-state index contributed by atoms with van der Waals surface area (Å²) >= 11 is 0. The first-order valence-corrected chi connectivity index (χ1v) is 5.34. The molecule has 1 aliphatic rings. The minimum Gasteiger partial charge on any atom is -0.300 e. The van der Waals surface area contributed by atoms with Crippen LogP contribution < -0.4 is 0 Å². The van der Waals surface area contributed by atoms with E-state index in [0.717, 1.165) is 12.0 Å². The summed E-state index contributed by atoms with van der Waals surface area (Å²) in [6.45, 7) is 0. The van der Waals surface area contributed by atoms with Gasteiger partial charge >= 0.3 is 0 Å². The largest absolute Gasteiger partial charge is 0.300 e. The Bertz CT molecular complexity index is 367. The number of ketones is 2. The maximum atomic E-state index is 11.8. The lowest BCUT2D eigenvalue weighted by atomic mass is 9.97. The van der Waals surface area contributed by atoms with Crippen molar-refractivity contribution in [1.29, 1.82) is 0 Å². The summed E-state index contributed by atoms with van der Waals surface area (Å²) in [5.41, 5.74) is 1.04. The second kappa shape index (κ2) is 4.39. The van der Waals surface area contributed by atoms with E-state index in [-0.39, 0.29) is 17.5 Å². The lowest BCUT2D eigenvalue weighted by Crippen LogP contribution is -2.14. The number of rotatable bonds is 3. The van der Waals surface area contributed by atoms with Gasteiger partial charge in [-0.05, 0) is 12.0 Å². The van der Waals surface area contributed by atoms with Crippen LogP contribution in [0.4, 0.5) is 0 Å². The van der Waals surface area contributed by atoms with Gasteiger partial charge in [-0.15, -0.1) is 0 Å². The molecule has 1 fully saturated rings. The SMILES string of the molecule is O=C1CCC(C(=O)Cc2ccccc2)C1. The third-order valence-corrected chi connectivity index (χ3v) is 2.92. The first-order valence-electron chi connectivity index (χ1n) is 5.34. The van der Waals surface area contributed by atoms with Gasteiger partial charge in [0.1, 0.15) is 11.6 Å². The Labute approximate surface area is 89.3 Å². The normalized spacial score (nSPS) is 20.5. The van der Waals surface area contributed by atoms with Gasteiger partial charge in [-0.1, -0.05) is 30.3 Å². The second-order valence-electron chi connectivity index (χ2n) is 4.11. The molecule has 0 aliphatic heterocycles. The summed E-state index contributed by atoms with van der Waals surface area (Å²) in [4.78, 5) is 22.9. The van der Waals surface area contributed by atoms with Crippen molar-refractivity contribution in [2.45, 2.75) is 25.7 Å². The molecule has 0 bridgehead atoms. The van der Waals surface area contributed by atoms with Crippen molar-refractivity contribution in [1.82, 2.24) is 0 Å². The smallest absolute Gasteiger partial charge is 0.140 e. The van der Waals surface area contributed by atoms with Crippen molar-refractivity contribution in [3.63, 3.8) is 0 Å². The molecule has 1 aliphatic carbocycles. The van der Waals surface area contributed by atoms with E-state index in [1.54, 1.807) is 0 Å². The van der Waals surface area contributed by atoms with Gasteiger partial charge in [0.15, 0.2) is 0 Å². The van der Waals surface area contributed by atoms with Crippen LogP contribution in [0.25, 0.3) is 0 Å². The average Bonchev–Trinajstić information content (AvgIpc) is 2.66. The molecule has 78 valence electrons. The third kappa shape index (κ3) is 2.52. The van der Waals surface area contributed by atoms with Gasteiger partial charge in [0.25, 0.3) is 0 Å². The average molecular weight is 202 g/mol. The van der Waals surface area contributed by atoms with Gasteiger partial charge in [-0.3, -0.25) is 9.59 Å². The van der Waals surface area contributed by atoms with E-state index in [4.69, 9.17) is 0 Å². The zero-order valence-corrected chi connectivity index (χ0v) is 8.61. The summed E-state index contributed by atoms with van der Waals surface area (Å²) < 4.78 is 0. The van der Waals surface area contributed by atoms with Crippen molar-refractivity contribution >= 4 is 11.6 Å². The number of carbonyl (C=O) groups excluding carboxylic acids is 2. The van der Waals surface area contributed by atoms with E-state index in [1.165, 1.54) is 0 Å². The number of Topliss-reactive ketones (excluding diaryl/α,β-unsaturated/α-hetero) is 2. The molecule has 1 aromatic rings. The quantitative estimate of drug-likeness (QED) is 0.752. The fraction of sp³-hybridized carbons (Fsp3) is 0.385. The number of hydrogen-bond acceptors (Lipinski definition) is 2. The summed E-state index contributed by atoms with van der Waals surface area (Å²) in [5.74, 6) is 0.436. The van der Waals surface area contributed by atoms with Gasteiger partial charge in [0.2, 0.25) is 0 Å². The molecule has 1 aromatic carbocycles. The van der Waals surface area contributed by atoms with Crippen LogP contribution >= 0.6 is 0 Å². The number of hydrogen-bond donors (Lipinski definition) is 0. The Morgan fingerprint density at radius 3 is 2.60 bits per heavy atom. The molecular weight excluding hydrogens is 188 g/mol. The Kier molecular flexibility index (Phi) is 2.95. The molecular formula is C13H14O2. The first kappa shape index (κ1) is 10.1. The lowest BCUT2D eigenvalue weighted by molar-refractivity contribution is -0.124. The Morgan fingerprint density at radius 2 is 2.00 bits per heavy atom. The van der Waals surface area contributed by atoms with Crippen LogP contribution in [0, 0.1) is 5.92 Å². The maximum Gasteiger partial charge on any atom is 0.140 e. The highest BCUT2D eigenvalue weighted by molar-refractivity contribution is 5.92. The molecule has 2 heteroatoms. The molecule has 0 N–H and O–H groups in total. The summed E-state index contributed by atoms with van der Waals surface area (Å²) in [6, 6.07) is 9.71. The Morgan fingerprint density at radius 1 is 1.27 bits per heavy atom. The van der Waals surface area contributed by atoms with Crippen LogP contribution in [-0.2, 0) is 16.0 Å². The van der Waals surface area contributed by atoms with Gasteiger partial charge < -0.3 is 0 Å². The molecule has 0 aromatic heterocycles. The van der Waals surface area contributed by atoms with E-state index < -0.39 is 0 Å². The van der Waals surface area contributed by atoms with Crippen molar-refractivity contribution in [3.8, 4) is 0 Å². The van der Waals surface area contributed by atoms with Crippen molar-refractivity contribution in [2.24, 2.45) is 5.92 Å². The second-order valence-corrected chi connectivity index (χ2v) is 4.11. The van der Waals surface area contributed by atoms with Crippen LogP contribution in [0.2, 0.25) is 0 Å². The molecule has 1 unspecified atom stereocenters. The van der Waals surface area contributed by atoms with E-state index in [1.807, 2.05) is 30.3 Å². The molecule has 0 radical (unpaired) electrons. The van der Waals surface area contributed by atoms with Crippen LogP contribution in [0.3, 0.4) is 0 Å². The molecule has 0 amide bonds. The van der Waals surface area contributed by atoms with Crippen LogP contribution in [0.5, 0.6) is 0 Å². The highest BCUT2D eigenvalue weighted by Gasteiger charge is 2.27. The standard InChI is InChI=1S/C13H14O2/c14-12-7-6-11(9-12)13(15)8-10-4-2-1-3-5-10/h1-5,11H,6-9H2. The van der Waals surface area contributed by atoms with Gasteiger partial charge in [-0.25, -0.2) is 0 Å². The Balaban J connectivity index is 1.96. The van der Waals surface area contributed by atoms with Crippen LogP contribution in [0.15, 0.2) is 30.3 Å². The van der Waals surface area contributed by atoms with Gasteiger partial charge in [-0.2, -0.15) is 0 Å². The molecule has 0 saturated heterocycles. The van der Waals surface area contributed by atoms with Crippen LogP contribution in [-0.4, -0.2) is 11.6 Å². The lowest BCUT2D eigenvalue weighted by Gasteiger charge is -2.06. The molecule has 1 atom stereocenters. The van der Waals surface area contributed by atoms with Gasteiger partial charge in [0, 0.05) is 25.2 Å². The fourth-order valence-electron chi connectivity index (χ4n) is 2.03. The molecule has 1 saturated carbocycles. The zero-order chi connectivity index (χ0) is 10.7. The molecule has 2 rings (SSSR count). The minimum absolute atomic E-state index is 0.0160.